The summed E-state index contributed by atoms with van der Waals surface area (Å²) >= 11 is 5.96. The van der Waals surface area contributed by atoms with Crippen LogP contribution in [-0.4, -0.2) is 17.3 Å². The zero-order chi connectivity index (χ0) is 13.7. The van der Waals surface area contributed by atoms with Crippen molar-refractivity contribution in [3.05, 3.63) is 52.7 Å². The van der Waals surface area contributed by atoms with Crippen LogP contribution < -0.4 is 16.0 Å². The van der Waals surface area contributed by atoms with Gasteiger partial charge < -0.3 is 4.74 Å². The molecule has 0 bridgehead atoms. The highest BCUT2D eigenvalue weighted by Crippen LogP contribution is 2.19. The fraction of sp³-hybridized carbons (Fsp3) is 0.231. The third-order valence-electron chi connectivity index (χ3n) is 2.76. The monoisotopic (exact) mass is 278 g/mol. The minimum Gasteiger partial charge on any atom is -0.480 e. The number of methoxy groups -OCH3 is 1. The molecule has 0 saturated heterocycles. The minimum atomic E-state index is -0.128. The topological polar surface area (TPSA) is 73.1 Å². The Morgan fingerprint density at radius 3 is 2.74 bits per heavy atom. The third kappa shape index (κ3) is 3.64. The number of ether oxygens (including phenoxy) is 1. The molecule has 0 aliphatic carbocycles. The van der Waals surface area contributed by atoms with Gasteiger partial charge in [0, 0.05) is 11.1 Å². The SMILES string of the molecule is COc1ccc(C(Cc2cccc(Cl)c2)NN)nn1. The van der Waals surface area contributed by atoms with Gasteiger partial charge in [-0.3, -0.25) is 11.3 Å². The van der Waals surface area contributed by atoms with Crippen LogP contribution in [0, 0.1) is 0 Å². The van der Waals surface area contributed by atoms with Crippen LogP contribution in [0.15, 0.2) is 36.4 Å². The Kier molecular flexibility index (Phi) is 4.68. The van der Waals surface area contributed by atoms with Gasteiger partial charge in [-0.1, -0.05) is 23.7 Å². The fourth-order valence-electron chi connectivity index (χ4n) is 1.77. The smallest absolute Gasteiger partial charge is 0.233 e. The molecule has 1 aromatic heterocycles. The van der Waals surface area contributed by atoms with E-state index >= 15 is 0 Å². The Hall–Kier alpha value is -1.69. The van der Waals surface area contributed by atoms with Crippen LogP contribution in [0.5, 0.6) is 5.88 Å². The van der Waals surface area contributed by atoms with E-state index in [9.17, 15) is 0 Å². The number of nitrogens with zero attached hydrogens (tertiary/aromatic N) is 2. The van der Waals surface area contributed by atoms with Crippen LogP contribution in [0.2, 0.25) is 5.02 Å². The zero-order valence-electron chi connectivity index (χ0n) is 10.5. The van der Waals surface area contributed by atoms with E-state index in [0.29, 0.717) is 17.3 Å². The summed E-state index contributed by atoms with van der Waals surface area (Å²) < 4.78 is 4.97. The third-order valence-corrected chi connectivity index (χ3v) is 2.99. The first kappa shape index (κ1) is 13.7. The lowest BCUT2D eigenvalue weighted by Crippen LogP contribution is -2.30. The van der Waals surface area contributed by atoms with Gasteiger partial charge in [0.25, 0.3) is 0 Å². The molecule has 0 spiro atoms. The molecule has 1 atom stereocenters. The summed E-state index contributed by atoms with van der Waals surface area (Å²) in [6, 6.07) is 11.1. The number of hydrogen-bond donors (Lipinski definition) is 2. The molecule has 0 amide bonds. The largest absolute Gasteiger partial charge is 0.480 e. The van der Waals surface area contributed by atoms with E-state index in [-0.39, 0.29) is 6.04 Å². The summed E-state index contributed by atoms with van der Waals surface area (Å²) in [5.74, 6) is 6.05. The van der Waals surface area contributed by atoms with Crippen LogP contribution in [0.25, 0.3) is 0 Å². The molecule has 100 valence electrons. The molecule has 5 nitrogen and oxygen atoms in total. The number of rotatable bonds is 5. The molecule has 2 rings (SSSR count). The number of hydrazine groups is 1. The second-order valence-corrected chi connectivity index (χ2v) is 4.49. The summed E-state index contributed by atoms with van der Waals surface area (Å²) in [5.41, 5.74) is 4.57. The van der Waals surface area contributed by atoms with Crippen molar-refractivity contribution < 1.29 is 4.74 Å². The second-order valence-electron chi connectivity index (χ2n) is 4.05. The van der Waals surface area contributed by atoms with E-state index in [4.69, 9.17) is 22.2 Å². The van der Waals surface area contributed by atoms with Crippen molar-refractivity contribution in [3.63, 3.8) is 0 Å². The number of hydrogen-bond acceptors (Lipinski definition) is 5. The lowest BCUT2D eigenvalue weighted by molar-refractivity contribution is 0.389. The van der Waals surface area contributed by atoms with Gasteiger partial charge in [-0.15, -0.1) is 5.10 Å². The van der Waals surface area contributed by atoms with Crippen molar-refractivity contribution in [3.8, 4) is 5.88 Å². The van der Waals surface area contributed by atoms with Crippen LogP contribution in [-0.2, 0) is 6.42 Å². The average molecular weight is 279 g/mol. The van der Waals surface area contributed by atoms with E-state index in [1.54, 1.807) is 13.2 Å². The van der Waals surface area contributed by atoms with Crippen LogP contribution in [0.3, 0.4) is 0 Å². The molecule has 1 unspecified atom stereocenters. The standard InChI is InChI=1S/C13H15ClN4O/c1-19-13-6-5-11(17-18-13)12(16-15)8-9-3-2-4-10(14)7-9/h2-7,12,16H,8,15H2,1H3. The van der Waals surface area contributed by atoms with Gasteiger partial charge in [-0.05, 0) is 30.2 Å². The first-order chi connectivity index (χ1) is 9.22. The highest BCUT2D eigenvalue weighted by atomic mass is 35.5. The highest BCUT2D eigenvalue weighted by molar-refractivity contribution is 6.30. The Labute approximate surface area is 116 Å². The molecule has 0 fully saturated rings. The quantitative estimate of drug-likeness (QED) is 0.645. The minimum absolute atomic E-state index is 0.128. The summed E-state index contributed by atoms with van der Waals surface area (Å²) in [7, 11) is 1.55. The zero-order valence-corrected chi connectivity index (χ0v) is 11.3. The van der Waals surface area contributed by atoms with Crippen LogP contribution in [0.1, 0.15) is 17.3 Å². The highest BCUT2D eigenvalue weighted by Gasteiger charge is 2.13. The van der Waals surface area contributed by atoms with Crippen molar-refractivity contribution in [2.75, 3.05) is 7.11 Å². The number of aromatic nitrogens is 2. The van der Waals surface area contributed by atoms with E-state index in [1.165, 1.54) is 0 Å². The Morgan fingerprint density at radius 1 is 1.32 bits per heavy atom. The summed E-state index contributed by atoms with van der Waals surface area (Å²) in [4.78, 5) is 0. The maximum absolute atomic E-state index is 5.96. The first-order valence-corrected chi connectivity index (χ1v) is 6.19. The molecular weight excluding hydrogens is 264 g/mol. The van der Waals surface area contributed by atoms with Gasteiger partial charge in [0.1, 0.15) is 0 Å². The maximum atomic E-state index is 5.96. The van der Waals surface area contributed by atoms with E-state index in [1.807, 2.05) is 30.3 Å². The van der Waals surface area contributed by atoms with Gasteiger partial charge in [-0.2, -0.15) is 5.10 Å². The van der Waals surface area contributed by atoms with E-state index in [0.717, 1.165) is 11.3 Å². The number of halogens is 1. The van der Waals surface area contributed by atoms with E-state index in [2.05, 4.69) is 15.6 Å². The van der Waals surface area contributed by atoms with Gasteiger partial charge in [0.2, 0.25) is 5.88 Å². The van der Waals surface area contributed by atoms with Gasteiger partial charge in [0.15, 0.2) is 0 Å². The molecule has 6 heteroatoms. The molecule has 0 radical (unpaired) electrons. The predicted octanol–water partition coefficient (Wildman–Crippen LogP) is 1.89. The average Bonchev–Trinajstić information content (AvgIpc) is 2.45. The number of nitrogens with two attached hydrogens (primary N) is 1. The predicted molar refractivity (Wildman–Crippen MR) is 73.8 cm³/mol. The van der Waals surface area contributed by atoms with E-state index < -0.39 is 0 Å². The van der Waals surface area contributed by atoms with Gasteiger partial charge in [0.05, 0.1) is 18.8 Å². The number of benzene rings is 1. The van der Waals surface area contributed by atoms with Crippen molar-refractivity contribution in [1.29, 1.82) is 0 Å². The second kappa shape index (κ2) is 6.47. The molecule has 1 aromatic carbocycles. The van der Waals surface area contributed by atoms with Crippen molar-refractivity contribution in [2.24, 2.45) is 5.84 Å². The summed E-state index contributed by atoms with van der Waals surface area (Å²) in [6.45, 7) is 0. The summed E-state index contributed by atoms with van der Waals surface area (Å²) in [5, 5.41) is 8.72. The van der Waals surface area contributed by atoms with Crippen molar-refractivity contribution in [1.82, 2.24) is 15.6 Å². The van der Waals surface area contributed by atoms with Crippen LogP contribution in [0.4, 0.5) is 0 Å². The molecule has 19 heavy (non-hydrogen) atoms. The first-order valence-electron chi connectivity index (χ1n) is 5.81. The molecule has 0 aliphatic heterocycles. The number of nitrogens with one attached hydrogen (secondary N) is 1. The van der Waals surface area contributed by atoms with Crippen molar-refractivity contribution in [2.45, 2.75) is 12.5 Å². The van der Waals surface area contributed by atoms with Crippen LogP contribution >= 0.6 is 11.6 Å². The molecule has 0 aliphatic rings. The lowest BCUT2D eigenvalue weighted by atomic mass is 10.0. The Balaban J connectivity index is 2.15. The molecular formula is C13H15ClN4O. The maximum Gasteiger partial charge on any atom is 0.233 e. The fourth-order valence-corrected chi connectivity index (χ4v) is 1.99. The molecule has 2 aromatic rings. The molecule has 1 heterocycles. The Morgan fingerprint density at radius 2 is 2.16 bits per heavy atom. The van der Waals surface area contributed by atoms with Crippen molar-refractivity contribution >= 4 is 11.6 Å². The molecule has 3 N–H and O–H groups in total. The Bertz CT molecular complexity index is 532. The van der Waals surface area contributed by atoms with Gasteiger partial charge in [-0.25, -0.2) is 0 Å². The van der Waals surface area contributed by atoms with Gasteiger partial charge >= 0.3 is 0 Å². The normalized spacial score (nSPS) is 12.2. The molecule has 0 saturated carbocycles. The summed E-state index contributed by atoms with van der Waals surface area (Å²) in [6.07, 6.45) is 0.679. The lowest BCUT2D eigenvalue weighted by Gasteiger charge is -2.15.